The minimum absolute atomic E-state index is 0.0176. The summed E-state index contributed by atoms with van der Waals surface area (Å²) < 4.78 is 20.6. The second-order valence-corrected chi connectivity index (χ2v) is 5.35. The van der Waals surface area contributed by atoms with Crippen LogP contribution in [0.25, 0.3) is 0 Å². The maximum Gasteiger partial charge on any atom is 0.374 e. The summed E-state index contributed by atoms with van der Waals surface area (Å²) in [5.41, 5.74) is 0.419. The maximum absolute atomic E-state index is 11.8. The van der Waals surface area contributed by atoms with Crippen molar-refractivity contribution < 1.29 is 33.0 Å². The highest BCUT2D eigenvalue weighted by atomic mass is 16.6. The fourth-order valence-corrected chi connectivity index (χ4v) is 2.19. The molecule has 3 amide bonds. The van der Waals surface area contributed by atoms with Crippen LogP contribution in [0.15, 0.2) is 34.7 Å². The molecule has 9 nitrogen and oxygen atoms in total. The van der Waals surface area contributed by atoms with E-state index in [4.69, 9.17) is 18.6 Å². The van der Waals surface area contributed by atoms with Crippen LogP contribution in [0.5, 0.6) is 11.5 Å². The number of furan rings is 1. The molecule has 1 aliphatic rings. The lowest BCUT2D eigenvalue weighted by atomic mass is 10.2. The number of aryl methyl sites for hydroxylation is 1. The molecule has 0 aliphatic carbocycles. The van der Waals surface area contributed by atoms with Crippen LogP contribution in [-0.2, 0) is 9.53 Å². The van der Waals surface area contributed by atoms with E-state index in [1.54, 1.807) is 31.2 Å². The highest BCUT2D eigenvalue weighted by Gasteiger charge is 2.16. The van der Waals surface area contributed by atoms with Crippen molar-refractivity contribution in [2.75, 3.05) is 25.1 Å². The average molecular weight is 360 g/mol. The Balaban J connectivity index is 1.47. The lowest BCUT2D eigenvalue weighted by molar-refractivity contribution is -0.123. The van der Waals surface area contributed by atoms with Crippen LogP contribution in [0.1, 0.15) is 16.3 Å². The standard InChI is InChI=1S/C17H16N2O7/c1-10-2-4-13(26-10)16(21)25-9-15(20)19-17(22)18-11-3-5-12-14(8-11)24-7-6-23-12/h2-5,8H,6-7,9H2,1H3,(H2,18,19,20,22). The SMILES string of the molecule is Cc1ccc(C(=O)OCC(=O)NC(=O)Nc2ccc3c(c2)OCCO3)o1. The topological polar surface area (TPSA) is 116 Å². The minimum atomic E-state index is -0.791. The van der Waals surface area contributed by atoms with Crippen molar-refractivity contribution in [3.05, 3.63) is 41.9 Å². The van der Waals surface area contributed by atoms with Crippen molar-refractivity contribution in [1.29, 1.82) is 0 Å². The van der Waals surface area contributed by atoms with Gasteiger partial charge in [0.15, 0.2) is 18.1 Å². The number of carbonyl (C=O) groups is 3. The number of benzene rings is 1. The van der Waals surface area contributed by atoms with E-state index in [0.29, 0.717) is 36.2 Å². The van der Waals surface area contributed by atoms with Gasteiger partial charge < -0.3 is 23.9 Å². The number of ether oxygens (including phenoxy) is 3. The summed E-state index contributed by atoms with van der Waals surface area (Å²) in [4.78, 5) is 35.2. The average Bonchev–Trinajstić information content (AvgIpc) is 3.06. The van der Waals surface area contributed by atoms with Crippen molar-refractivity contribution >= 4 is 23.6 Å². The highest BCUT2D eigenvalue weighted by molar-refractivity contribution is 6.02. The number of urea groups is 1. The molecule has 2 heterocycles. The molecule has 3 rings (SSSR count). The molecule has 0 spiro atoms. The smallest absolute Gasteiger partial charge is 0.374 e. The van der Waals surface area contributed by atoms with E-state index in [9.17, 15) is 14.4 Å². The van der Waals surface area contributed by atoms with E-state index < -0.39 is 24.5 Å². The Morgan fingerprint density at radius 1 is 1.08 bits per heavy atom. The van der Waals surface area contributed by atoms with Crippen LogP contribution in [0.4, 0.5) is 10.5 Å². The molecule has 9 heteroatoms. The third kappa shape index (κ3) is 4.32. The van der Waals surface area contributed by atoms with Crippen molar-refractivity contribution in [1.82, 2.24) is 5.32 Å². The number of hydrogen-bond donors (Lipinski definition) is 2. The summed E-state index contributed by atoms with van der Waals surface area (Å²) in [6.07, 6.45) is 0. The molecule has 2 N–H and O–H groups in total. The number of nitrogens with one attached hydrogen (secondary N) is 2. The first-order valence-electron chi connectivity index (χ1n) is 7.75. The monoisotopic (exact) mass is 360 g/mol. The number of carbonyl (C=O) groups excluding carboxylic acids is 3. The first-order chi connectivity index (χ1) is 12.5. The summed E-state index contributed by atoms with van der Waals surface area (Å²) in [5.74, 6) is 0.0369. The van der Waals surface area contributed by atoms with Crippen molar-refractivity contribution in [2.45, 2.75) is 6.92 Å². The Labute approximate surface area is 148 Å². The number of anilines is 1. The molecule has 0 saturated heterocycles. The van der Waals surface area contributed by atoms with Gasteiger partial charge in [0.2, 0.25) is 5.76 Å². The van der Waals surface area contributed by atoms with Gasteiger partial charge in [-0.25, -0.2) is 9.59 Å². The van der Waals surface area contributed by atoms with Crippen LogP contribution >= 0.6 is 0 Å². The third-order valence-electron chi connectivity index (χ3n) is 3.33. The zero-order valence-electron chi connectivity index (χ0n) is 13.9. The normalized spacial score (nSPS) is 12.2. The zero-order chi connectivity index (χ0) is 18.5. The highest BCUT2D eigenvalue weighted by Crippen LogP contribution is 2.32. The second-order valence-electron chi connectivity index (χ2n) is 5.35. The lowest BCUT2D eigenvalue weighted by Gasteiger charge is -2.19. The number of imide groups is 1. The minimum Gasteiger partial charge on any atom is -0.486 e. The first kappa shape index (κ1) is 17.3. The largest absolute Gasteiger partial charge is 0.486 e. The van der Waals surface area contributed by atoms with Gasteiger partial charge in [0.05, 0.1) is 0 Å². The summed E-state index contributed by atoms with van der Waals surface area (Å²) >= 11 is 0. The van der Waals surface area contributed by atoms with Crippen LogP contribution in [0, 0.1) is 6.92 Å². The van der Waals surface area contributed by atoms with Gasteiger partial charge >= 0.3 is 12.0 Å². The van der Waals surface area contributed by atoms with E-state index in [2.05, 4.69) is 10.6 Å². The van der Waals surface area contributed by atoms with Gasteiger partial charge in [-0.05, 0) is 31.2 Å². The van der Waals surface area contributed by atoms with E-state index in [1.165, 1.54) is 6.07 Å². The van der Waals surface area contributed by atoms with Crippen LogP contribution < -0.4 is 20.1 Å². The molecule has 1 aromatic carbocycles. The van der Waals surface area contributed by atoms with Gasteiger partial charge in [-0.1, -0.05) is 0 Å². The van der Waals surface area contributed by atoms with E-state index in [-0.39, 0.29) is 5.76 Å². The quantitative estimate of drug-likeness (QED) is 0.800. The Kier molecular flexibility index (Phi) is 5.07. The van der Waals surface area contributed by atoms with Gasteiger partial charge in [-0.2, -0.15) is 0 Å². The molecule has 0 bridgehead atoms. The molecule has 0 unspecified atom stereocenters. The fourth-order valence-electron chi connectivity index (χ4n) is 2.19. The van der Waals surface area contributed by atoms with Crippen molar-refractivity contribution in [2.24, 2.45) is 0 Å². The predicted molar refractivity (Wildman–Crippen MR) is 88.3 cm³/mol. The molecule has 136 valence electrons. The van der Waals surface area contributed by atoms with E-state index >= 15 is 0 Å². The van der Waals surface area contributed by atoms with Gasteiger partial charge in [-0.15, -0.1) is 0 Å². The number of rotatable bonds is 4. The van der Waals surface area contributed by atoms with Gasteiger partial charge in [0, 0.05) is 11.8 Å². The Bertz CT molecular complexity index is 843. The summed E-state index contributed by atoms with van der Waals surface area (Å²) in [6, 6.07) is 7.10. The lowest BCUT2D eigenvalue weighted by Crippen LogP contribution is -2.37. The molecular weight excluding hydrogens is 344 g/mol. The van der Waals surface area contributed by atoms with Crippen molar-refractivity contribution in [3.8, 4) is 11.5 Å². The predicted octanol–water partition coefficient (Wildman–Crippen LogP) is 1.86. The third-order valence-corrected chi connectivity index (χ3v) is 3.33. The van der Waals surface area contributed by atoms with Gasteiger partial charge in [0.1, 0.15) is 19.0 Å². The van der Waals surface area contributed by atoms with E-state index in [0.717, 1.165) is 0 Å². The Morgan fingerprint density at radius 2 is 1.85 bits per heavy atom. The Hall–Kier alpha value is -3.49. The fraction of sp³-hybridized carbons (Fsp3) is 0.235. The molecule has 26 heavy (non-hydrogen) atoms. The van der Waals surface area contributed by atoms with Gasteiger partial charge in [-0.3, -0.25) is 10.1 Å². The molecule has 0 fully saturated rings. The number of hydrogen-bond acceptors (Lipinski definition) is 7. The molecular formula is C17H16N2O7. The summed E-state index contributed by atoms with van der Waals surface area (Å²) in [5, 5.41) is 4.53. The van der Waals surface area contributed by atoms with E-state index in [1.807, 2.05) is 0 Å². The van der Waals surface area contributed by atoms with Gasteiger partial charge in [0.25, 0.3) is 5.91 Å². The first-order valence-corrected chi connectivity index (χ1v) is 7.75. The number of amides is 3. The number of esters is 1. The Morgan fingerprint density at radius 3 is 2.58 bits per heavy atom. The van der Waals surface area contributed by atoms with Crippen LogP contribution in [-0.4, -0.2) is 37.7 Å². The number of fused-ring (bicyclic) bond motifs is 1. The maximum atomic E-state index is 11.8. The summed E-state index contributed by atoms with van der Waals surface area (Å²) in [6.45, 7) is 1.94. The molecule has 0 saturated carbocycles. The van der Waals surface area contributed by atoms with Crippen LogP contribution in [0.2, 0.25) is 0 Å². The summed E-state index contributed by atoms with van der Waals surface area (Å²) in [7, 11) is 0. The molecule has 0 atom stereocenters. The van der Waals surface area contributed by atoms with Crippen LogP contribution in [0.3, 0.4) is 0 Å². The molecule has 1 aromatic heterocycles. The molecule has 0 radical (unpaired) electrons. The zero-order valence-corrected chi connectivity index (χ0v) is 13.9. The second kappa shape index (κ2) is 7.60. The van der Waals surface area contributed by atoms with Crippen molar-refractivity contribution in [3.63, 3.8) is 0 Å². The molecule has 2 aromatic rings. The molecule has 1 aliphatic heterocycles.